The van der Waals surface area contributed by atoms with Crippen LogP contribution in [0.25, 0.3) is 21.9 Å². The van der Waals surface area contributed by atoms with Crippen molar-refractivity contribution in [2.45, 2.75) is 30.7 Å². The SMILES string of the molecule is O=c1c2c(O[C@H]3O[C@H](CO)[C@@H](O)[C@H](O)[C@H]3O)cc(O)cc2oc2ccc(O)c(O)c12. The van der Waals surface area contributed by atoms with Gasteiger partial charge in [0.1, 0.15) is 57.9 Å². The second-order valence-corrected chi connectivity index (χ2v) is 6.87. The first kappa shape index (κ1) is 20.2. The van der Waals surface area contributed by atoms with E-state index in [9.17, 15) is 40.5 Å². The minimum absolute atomic E-state index is 0.0628. The molecule has 11 heteroatoms. The predicted octanol–water partition coefficient (Wildman–Crippen LogP) is -0.758. The summed E-state index contributed by atoms with van der Waals surface area (Å²) >= 11 is 0. The number of rotatable bonds is 3. The number of phenolic OH excluding ortho intramolecular Hbond substituents is 3. The van der Waals surface area contributed by atoms with Crippen LogP contribution in [0.3, 0.4) is 0 Å². The fraction of sp³-hybridized carbons (Fsp3) is 0.316. The summed E-state index contributed by atoms with van der Waals surface area (Å²) in [5, 5.41) is 68.4. The van der Waals surface area contributed by atoms with E-state index in [1.807, 2.05) is 0 Å². The second kappa shape index (κ2) is 7.31. The van der Waals surface area contributed by atoms with Gasteiger partial charge in [-0.05, 0) is 12.1 Å². The molecular weight excluding hydrogens is 404 g/mol. The Kier molecular flexibility index (Phi) is 4.92. The smallest absolute Gasteiger partial charge is 0.229 e. The van der Waals surface area contributed by atoms with Crippen molar-refractivity contribution in [3.05, 3.63) is 34.5 Å². The van der Waals surface area contributed by atoms with Gasteiger partial charge in [-0.3, -0.25) is 4.79 Å². The fourth-order valence-electron chi connectivity index (χ4n) is 3.37. The summed E-state index contributed by atoms with van der Waals surface area (Å²) in [5.41, 5.74) is -0.997. The third kappa shape index (κ3) is 3.09. The lowest BCUT2D eigenvalue weighted by atomic mass is 9.99. The summed E-state index contributed by atoms with van der Waals surface area (Å²) < 4.78 is 16.3. The van der Waals surface area contributed by atoms with Crippen molar-refractivity contribution in [1.82, 2.24) is 0 Å². The molecule has 30 heavy (non-hydrogen) atoms. The van der Waals surface area contributed by atoms with Crippen LogP contribution in [0.1, 0.15) is 0 Å². The molecule has 2 aromatic carbocycles. The van der Waals surface area contributed by atoms with Gasteiger partial charge < -0.3 is 49.6 Å². The van der Waals surface area contributed by atoms with Gasteiger partial charge in [-0.2, -0.15) is 0 Å². The standard InChI is InChI=1S/C19H18O11/c20-5-11-15(24)17(26)18(27)19(30-11)29-10-4-6(21)3-9-12(10)16(25)13-8(28-9)2-1-7(22)14(13)23/h1-4,11,15,17-24,26-27H,5H2/t11-,15-,17+,18-,19+/m1/s1. The molecule has 0 spiro atoms. The number of phenols is 3. The molecule has 1 aromatic heterocycles. The predicted molar refractivity (Wildman–Crippen MR) is 99.4 cm³/mol. The van der Waals surface area contributed by atoms with Crippen LogP contribution in [0.4, 0.5) is 0 Å². The van der Waals surface area contributed by atoms with E-state index in [4.69, 9.17) is 13.9 Å². The van der Waals surface area contributed by atoms with Crippen LogP contribution in [0.15, 0.2) is 33.5 Å². The van der Waals surface area contributed by atoms with Crippen LogP contribution in [0, 0.1) is 0 Å². The third-order valence-corrected chi connectivity index (χ3v) is 4.93. The Morgan fingerprint density at radius 1 is 0.933 bits per heavy atom. The number of aliphatic hydroxyl groups excluding tert-OH is 4. The van der Waals surface area contributed by atoms with E-state index >= 15 is 0 Å². The molecule has 0 radical (unpaired) electrons. The Hall–Kier alpha value is -3.09. The quantitative estimate of drug-likeness (QED) is 0.207. The third-order valence-electron chi connectivity index (χ3n) is 4.93. The number of aromatic hydroxyl groups is 3. The van der Waals surface area contributed by atoms with Crippen LogP contribution >= 0.6 is 0 Å². The van der Waals surface area contributed by atoms with Gasteiger partial charge in [-0.15, -0.1) is 0 Å². The van der Waals surface area contributed by atoms with E-state index in [-0.39, 0.29) is 33.4 Å². The zero-order valence-corrected chi connectivity index (χ0v) is 15.2. The topological polar surface area (TPSA) is 190 Å². The van der Waals surface area contributed by atoms with E-state index in [0.717, 1.165) is 18.2 Å². The summed E-state index contributed by atoms with van der Waals surface area (Å²) in [4.78, 5) is 13.0. The van der Waals surface area contributed by atoms with Crippen LogP contribution < -0.4 is 10.2 Å². The van der Waals surface area contributed by atoms with Gasteiger partial charge in [0.15, 0.2) is 11.5 Å². The van der Waals surface area contributed by atoms with Gasteiger partial charge in [0, 0.05) is 12.1 Å². The highest BCUT2D eigenvalue weighted by molar-refractivity contribution is 5.97. The van der Waals surface area contributed by atoms with Gasteiger partial charge in [-0.25, -0.2) is 0 Å². The van der Waals surface area contributed by atoms with Gasteiger partial charge in [0.2, 0.25) is 11.7 Å². The highest BCUT2D eigenvalue weighted by atomic mass is 16.7. The molecule has 11 nitrogen and oxygen atoms in total. The zero-order valence-electron chi connectivity index (χ0n) is 15.2. The van der Waals surface area contributed by atoms with E-state index in [2.05, 4.69) is 0 Å². The second-order valence-electron chi connectivity index (χ2n) is 6.87. The maximum Gasteiger partial charge on any atom is 0.229 e. The van der Waals surface area contributed by atoms with Crippen molar-refractivity contribution in [1.29, 1.82) is 0 Å². The van der Waals surface area contributed by atoms with Crippen LogP contribution in [0.5, 0.6) is 23.0 Å². The first-order valence-electron chi connectivity index (χ1n) is 8.84. The first-order chi connectivity index (χ1) is 14.2. The summed E-state index contributed by atoms with van der Waals surface area (Å²) in [5.74, 6) is -1.96. The van der Waals surface area contributed by atoms with E-state index in [1.165, 1.54) is 6.07 Å². The molecular formula is C19H18O11. The molecule has 7 N–H and O–H groups in total. The molecule has 1 aliphatic rings. The number of fused-ring (bicyclic) bond motifs is 2. The van der Waals surface area contributed by atoms with Crippen molar-refractivity contribution in [2.24, 2.45) is 0 Å². The molecule has 0 saturated carbocycles. The summed E-state index contributed by atoms with van der Waals surface area (Å²) in [6.07, 6.45) is -7.97. The van der Waals surface area contributed by atoms with Gasteiger partial charge in [0.25, 0.3) is 0 Å². The normalized spacial score (nSPS) is 26.9. The molecule has 0 bridgehead atoms. The average molecular weight is 422 g/mol. The lowest BCUT2D eigenvalue weighted by molar-refractivity contribution is -0.277. The Morgan fingerprint density at radius 3 is 2.37 bits per heavy atom. The van der Waals surface area contributed by atoms with Crippen molar-refractivity contribution < 1.29 is 49.6 Å². The number of aliphatic hydroxyl groups is 4. The number of hydrogen-bond donors (Lipinski definition) is 7. The van der Waals surface area contributed by atoms with E-state index in [1.54, 1.807) is 0 Å². The van der Waals surface area contributed by atoms with E-state index < -0.39 is 54.2 Å². The number of benzene rings is 2. The molecule has 1 saturated heterocycles. The monoisotopic (exact) mass is 422 g/mol. The molecule has 4 rings (SSSR count). The maximum atomic E-state index is 13.0. The summed E-state index contributed by atoms with van der Waals surface area (Å²) in [6.45, 7) is -0.689. The average Bonchev–Trinajstić information content (AvgIpc) is 2.70. The molecule has 0 amide bonds. The number of ether oxygens (including phenoxy) is 2. The molecule has 0 unspecified atom stereocenters. The van der Waals surface area contributed by atoms with Crippen molar-refractivity contribution in [3.63, 3.8) is 0 Å². The molecule has 1 fully saturated rings. The lowest BCUT2D eigenvalue weighted by Crippen LogP contribution is -2.60. The highest BCUT2D eigenvalue weighted by Crippen LogP contribution is 2.37. The zero-order chi connectivity index (χ0) is 21.7. The van der Waals surface area contributed by atoms with Gasteiger partial charge in [0.05, 0.1) is 6.61 Å². The highest BCUT2D eigenvalue weighted by Gasteiger charge is 2.45. The molecule has 3 aromatic rings. The molecule has 1 aliphatic heterocycles. The summed E-state index contributed by atoms with van der Waals surface area (Å²) in [7, 11) is 0. The minimum atomic E-state index is -1.76. The van der Waals surface area contributed by atoms with E-state index in [0.29, 0.717) is 0 Å². The minimum Gasteiger partial charge on any atom is -0.508 e. The van der Waals surface area contributed by atoms with Crippen molar-refractivity contribution >= 4 is 21.9 Å². The van der Waals surface area contributed by atoms with Crippen LogP contribution in [0.2, 0.25) is 0 Å². The Labute approximate surface area is 167 Å². The van der Waals surface area contributed by atoms with Gasteiger partial charge >= 0.3 is 0 Å². The molecule has 5 atom stereocenters. The lowest BCUT2D eigenvalue weighted by Gasteiger charge is -2.39. The molecule has 0 aliphatic carbocycles. The first-order valence-corrected chi connectivity index (χ1v) is 8.84. The van der Waals surface area contributed by atoms with Crippen LogP contribution in [-0.2, 0) is 4.74 Å². The fourth-order valence-corrected chi connectivity index (χ4v) is 3.37. The maximum absolute atomic E-state index is 13.0. The van der Waals surface area contributed by atoms with Crippen molar-refractivity contribution in [3.8, 4) is 23.0 Å². The molecule has 2 heterocycles. The van der Waals surface area contributed by atoms with Crippen molar-refractivity contribution in [2.75, 3.05) is 6.61 Å². The Balaban J connectivity index is 1.87. The molecule has 160 valence electrons. The number of hydrogen-bond acceptors (Lipinski definition) is 11. The Morgan fingerprint density at radius 2 is 1.67 bits per heavy atom. The van der Waals surface area contributed by atoms with Crippen LogP contribution in [-0.4, -0.2) is 73.1 Å². The van der Waals surface area contributed by atoms with Gasteiger partial charge in [-0.1, -0.05) is 0 Å². The summed E-state index contributed by atoms with van der Waals surface area (Å²) in [6, 6.07) is 4.53. The largest absolute Gasteiger partial charge is 0.508 e. The Bertz CT molecular complexity index is 1170.